The number of benzene rings is 8. The van der Waals surface area contributed by atoms with Crippen LogP contribution in [-0.2, 0) is 0 Å². The molecule has 0 radical (unpaired) electrons. The van der Waals surface area contributed by atoms with E-state index in [2.05, 4.69) is 179 Å². The second kappa shape index (κ2) is 11.2. The molecule has 0 amide bonds. The van der Waals surface area contributed by atoms with Crippen molar-refractivity contribution < 1.29 is 0 Å². The topological polar surface area (TPSA) is 35.6 Å². The molecule has 3 heterocycles. The van der Waals surface area contributed by atoms with E-state index in [4.69, 9.17) is 9.97 Å². The molecule has 11 rings (SSSR count). The molecule has 0 aliphatic carbocycles. The lowest BCUT2D eigenvalue weighted by Crippen LogP contribution is -2.00. The molecule has 0 spiro atoms. The van der Waals surface area contributed by atoms with Crippen LogP contribution in [0, 0.1) is 0 Å². The Labute approximate surface area is 299 Å². The summed E-state index contributed by atoms with van der Waals surface area (Å²) in [4.78, 5) is 10.6. The molecular formula is C48H30N4. The van der Waals surface area contributed by atoms with E-state index in [1.807, 2.05) is 12.1 Å². The van der Waals surface area contributed by atoms with Crippen LogP contribution in [0.1, 0.15) is 0 Å². The van der Waals surface area contributed by atoms with E-state index in [0.717, 1.165) is 50.4 Å². The van der Waals surface area contributed by atoms with E-state index in [-0.39, 0.29) is 0 Å². The second-order valence-electron chi connectivity index (χ2n) is 13.4. The van der Waals surface area contributed by atoms with Gasteiger partial charge in [-0.25, -0.2) is 9.97 Å². The lowest BCUT2D eigenvalue weighted by Gasteiger charge is -2.14. The monoisotopic (exact) mass is 662 g/mol. The summed E-state index contributed by atoms with van der Waals surface area (Å²) >= 11 is 0. The van der Waals surface area contributed by atoms with E-state index in [1.54, 1.807) is 0 Å². The highest BCUT2D eigenvalue weighted by molar-refractivity contribution is 6.28. The maximum atomic E-state index is 5.37. The molecule has 11 aromatic rings. The highest BCUT2D eigenvalue weighted by atomic mass is 15.0. The first-order valence-electron chi connectivity index (χ1n) is 17.7. The molecule has 4 heteroatoms. The van der Waals surface area contributed by atoms with Crippen LogP contribution < -0.4 is 0 Å². The van der Waals surface area contributed by atoms with Crippen LogP contribution in [0.3, 0.4) is 0 Å². The molecule has 0 saturated heterocycles. The van der Waals surface area contributed by atoms with E-state index >= 15 is 0 Å². The number of aromatic nitrogens is 4. The molecule has 0 aliphatic heterocycles. The summed E-state index contributed by atoms with van der Waals surface area (Å²) in [6.45, 7) is 0. The Balaban J connectivity index is 1.27. The van der Waals surface area contributed by atoms with Gasteiger partial charge in [-0.3, -0.25) is 0 Å². The first-order chi connectivity index (χ1) is 25.8. The van der Waals surface area contributed by atoms with Crippen LogP contribution in [0.25, 0.3) is 99.3 Å². The molecule has 0 unspecified atom stereocenters. The van der Waals surface area contributed by atoms with Gasteiger partial charge in [-0.15, -0.1) is 0 Å². The van der Waals surface area contributed by atoms with Crippen LogP contribution in [0.2, 0.25) is 0 Å². The van der Waals surface area contributed by atoms with E-state index in [0.29, 0.717) is 0 Å². The Kier molecular flexibility index (Phi) is 6.22. The zero-order valence-electron chi connectivity index (χ0n) is 28.1. The summed E-state index contributed by atoms with van der Waals surface area (Å²) in [6.07, 6.45) is 0. The summed E-state index contributed by atoms with van der Waals surface area (Å²) in [6, 6.07) is 64.7. The van der Waals surface area contributed by atoms with Crippen LogP contribution in [-0.4, -0.2) is 19.1 Å². The minimum atomic E-state index is 0.851. The molecule has 52 heavy (non-hydrogen) atoms. The second-order valence-corrected chi connectivity index (χ2v) is 13.4. The van der Waals surface area contributed by atoms with Crippen molar-refractivity contribution in [3.63, 3.8) is 0 Å². The van der Waals surface area contributed by atoms with Crippen molar-refractivity contribution in [2.45, 2.75) is 0 Å². The fourth-order valence-corrected chi connectivity index (χ4v) is 8.21. The fourth-order valence-electron chi connectivity index (χ4n) is 8.21. The van der Waals surface area contributed by atoms with E-state index < -0.39 is 0 Å². The van der Waals surface area contributed by atoms with Crippen molar-refractivity contribution in [3.8, 4) is 33.9 Å². The standard InChI is InChI=1S/C48H30N4/c1-4-15-32(16-5-1)45-46(33-17-6-2-7-18-33)50-41-30-35(25-28-40(41)49-45)52-42-23-13-12-22-37(42)38-26-27-39-44-36-21-11-10-14-31(36)24-29-43(44)51(48(39)47(38)52)34-19-8-3-9-20-34/h1-30H. The lowest BCUT2D eigenvalue weighted by molar-refractivity contribution is 1.15. The number of hydrogen-bond acceptors (Lipinski definition) is 2. The van der Waals surface area contributed by atoms with Gasteiger partial charge in [0.1, 0.15) is 0 Å². The Morgan fingerprint density at radius 2 is 0.923 bits per heavy atom. The summed E-state index contributed by atoms with van der Waals surface area (Å²) in [5, 5.41) is 7.41. The fraction of sp³-hybridized carbons (Fsp3) is 0. The number of nitrogens with zero attached hydrogens (tertiary/aromatic N) is 4. The number of para-hydroxylation sites is 2. The zero-order chi connectivity index (χ0) is 34.2. The van der Waals surface area contributed by atoms with Gasteiger partial charge in [0.05, 0.1) is 44.5 Å². The third-order valence-corrected chi connectivity index (χ3v) is 10.5. The SMILES string of the molecule is c1ccc(-c2nc3ccc(-n4c5ccccc5c5ccc6c7c8ccccc8ccc7n(-c7ccccc7)c6c54)cc3nc2-c2ccccc2)cc1. The van der Waals surface area contributed by atoms with Crippen molar-refractivity contribution in [1.82, 2.24) is 19.1 Å². The van der Waals surface area contributed by atoms with Crippen molar-refractivity contribution in [3.05, 3.63) is 182 Å². The molecule has 0 saturated carbocycles. The zero-order valence-corrected chi connectivity index (χ0v) is 28.1. The summed E-state index contributed by atoms with van der Waals surface area (Å²) < 4.78 is 4.89. The van der Waals surface area contributed by atoms with Gasteiger partial charge in [0.15, 0.2) is 0 Å². The quantitative estimate of drug-likeness (QED) is 0.188. The minimum absolute atomic E-state index is 0.851. The van der Waals surface area contributed by atoms with Crippen LogP contribution in [0.15, 0.2) is 182 Å². The molecule has 0 atom stereocenters. The molecule has 0 N–H and O–H groups in total. The number of hydrogen-bond donors (Lipinski definition) is 0. The van der Waals surface area contributed by atoms with Gasteiger partial charge in [0.25, 0.3) is 0 Å². The molecule has 0 bridgehead atoms. The van der Waals surface area contributed by atoms with Crippen LogP contribution >= 0.6 is 0 Å². The first kappa shape index (κ1) is 28.8. The van der Waals surface area contributed by atoms with Gasteiger partial charge in [-0.2, -0.15) is 0 Å². The Hall–Kier alpha value is -7.04. The van der Waals surface area contributed by atoms with Crippen molar-refractivity contribution >= 4 is 65.4 Å². The van der Waals surface area contributed by atoms with E-state index in [1.165, 1.54) is 48.9 Å². The minimum Gasteiger partial charge on any atom is -0.307 e. The van der Waals surface area contributed by atoms with Gasteiger partial charge < -0.3 is 9.13 Å². The van der Waals surface area contributed by atoms with Gasteiger partial charge in [-0.05, 0) is 53.2 Å². The maximum Gasteiger partial charge on any atom is 0.0973 e. The molecule has 8 aromatic carbocycles. The first-order valence-corrected chi connectivity index (χ1v) is 17.7. The van der Waals surface area contributed by atoms with Crippen LogP contribution in [0.4, 0.5) is 0 Å². The molecule has 242 valence electrons. The largest absolute Gasteiger partial charge is 0.307 e. The average molecular weight is 663 g/mol. The van der Waals surface area contributed by atoms with Crippen molar-refractivity contribution in [2.75, 3.05) is 0 Å². The van der Waals surface area contributed by atoms with Crippen LogP contribution in [0.5, 0.6) is 0 Å². The molecule has 0 fully saturated rings. The Morgan fingerprint density at radius 1 is 0.346 bits per heavy atom. The smallest absolute Gasteiger partial charge is 0.0973 e. The summed E-state index contributed by atoms with van der Waals surface area (Å²) in [5.41, 5.74) is 12.4. The van der Waals surface area contributed by atoms with Gasteiger partial charge in [0.2, 0.25) is 0 Å². The third kappa shape index (κ3) is 4.21. The lowest BCUT2D eigenvalue weighted by atomic mass is 10.0. The maximum absolute atomic E-state index is 5.37. The highest BCUT2D eigenvalue weighted by Crippen LogP contribution is 2.44. The van der Waals surface area contributed by atoms with Gasteiger partial charge >= 0.3 is 0 Å². The molecule has 0 aliphatic rings. The summed E-state index contributed by atoms with van der Waals surface area (Å²) in [5.74, 6) is 0. The predicted molar refractivity (Wildman–Crippen MR) is 217 cm³/mol. The van der Waals surface area contributed by atoms with E-state index in [9.17, 15) is 0 Å². The number of fused-ring (bicyclic) bond motifs is 10. The Morgan fingerprint density at radius 3 is 1.67 bits per heavy atom. The molecule has 3 aromatic heterocycles. The molecular weight excluding hydrogens is 633 g/mol. The predicted octanol–water partition coefficient (Wildman–Crippen LogP) is 12.3. The van der Waals surface area contributed by atoms with Crippen molar-refractivity contribution in [2.24, 2.45) is 0 Å². The number of rotatable bonds is 4. The van der Waals surface area contributed by atoms with Gasteiger partial charge in [-0.1, -0.05) is 140 Å². The van der Waals surface area contributed by atoms with Gasteiger partial charge in [0, 0.05) is 44.0 Å². The average Bonchev–Trinajstić information content (AvgIpc) is 3.74. The molecule has 4 nitrogen and oxygen atoms in total. The Bertz CT molecular complexity index is 3160. The van der Waals surface area contributed by atoms with Crippen molar-refractivity contribution in [1.29, 1.82) is 0 Å². The highest BCUT2D eigenvalue weighted by Gasteiger charge is 2.23. The normalized spacial score (nSPS) is 11.8. The summed E-state index contributed by atoms with van der Waals surface area (Å²) in [7, 11) is 0. The third-order valence-electron chi connectivity index (χ3n) is 10.5.